The normalized spacial score (nSPS) is 20.4. The summed E-state index contributed by atoms with van der Waals surface area (Å²) in [6.45, 7) is 2.39. The van der Waals surface area contributed by atoms with Crippen molar-refractivity contribution in [3.05, 3.63) is 38.3 Å². The lowest BCUT2D eigenvalue weighted by Gasteiger charge is -2.35. The highest BCUT2D eigenvalue weighted by atomic mass is 79.9. The molecule has 1 fully saturated rings. The van der Waals surface area contributed by atoms with Crippen molar-refractivity contribution in [1.82, 2.24) is 4.90 Å². The van der Waals surface area contributed by atoms with E-state index in [1.54, 1.807) is 6.07 Å². The molecule has 0 bridgehead atoms. The van der Waals surface area contributed by atoms with Gasteiger partial charge in [-0.2, -0.15) is 0 Å². The number of nitrogens with two attached hydrogens (primary N) is 1. The van der Waals surface area contributed by atoms with Crippen LogP contribution in [-0.4, -0.2) is 29.0 Å². The molecule has 6 heteroatoms. The Kier molecular flexibility index (Phi) is 4.90. The van der Waals surface area contributed by atoms with Crippen molar-refractivity contribution >= 4 is 21.6 Å². The summed E-state index contributed by atoms with van der Waals surface area (Å²) < 4.78 is 0.748. The van der Waals surface area contributed by atoms with Crippen LogP contribution in [0.2, 0.25) is 0 Å². The summed E-state index contributed by atoms with van der Waals surface area (Å²) in [5.74, 6) is 0. The van der Waals surface area contributed by atoms with Gasteiger partial charge in [0.15, 0.2) is 0 Å². The second-order valence-electron chi connectivity index (χ2n) is 4.93. The summed E-state index contributed by atoms with van der Waals surface area (Å²) in [6.07, 6.45) is 3.51. The molecule has 1 saturated heterocycles. The first-order chi connectivity index (χ1) is 9.10. The molecule has 1 aromatic rings. The molecule has 1 atom stereocenters. The fraction of sp³-hybridized carbons (Fsp3) is 0.538. The van der Waals surface area contributed by atoms with Crippen LogP contribution in [-0.2, 0) is 6.54 Å². The second-order valence-corrected chi connectivity index (χ2v) is 5.85. The zero-order valence-electron chi connectivity index (χ0n) is 10.7. The Hall–Kier alpha value is -0.980. The first kappa shape index (κ1) is 14.4. The minimum atomic E-state index is -0.356. The van der Waals surface area contributed by atoms with Gasteiger partial charge in [-0.1, -0.05) is 22.4 Å². The van der Waals surface area contributed by atoms with Crippen LogP contribution in [0.3, 0.4) is 0 Å². The fourth-order valence-electron chi connectivity index (χ4n) is 2.60. The number of nitro groups is 1. The monoisotopic (exact) mass is 327 g/mol. The van der Waals surface area contributed by atoms with Crippen LogP contribution in [0.25, 0.3) is 0 Å². The number of nitro benzene ring substituents is 1. The highest BCUT2D eigenvalue weighted by Gasteiger charge is 2.21. The molecule has 0 aliphatic carbocycles. The molecule has 2 N–H and O–H groups in total. The molecule has 19 heavy (non-hydrogen) atoms. The van der Waals surface area contributed by atoms with Crippen molar-refractivity contribution in [2.75, 3.05) is 13.1 Å². The first-order valence-electron chi connectivity index (χ1n) is 6.48. The molecule has 1 heterocycles. The lowest BCUT2D eigenvalue weighted by atomic mass is 10.0. The van der Waals surface area contributed by atoms with Crippen LogP contribution >= 0.6 is 15.9 Å². The molecule has 0 aromatic heterocycles. The van der Waals surface area contributed by atoms with Gasteiger partial charge in [0.1, 0.15) is 0 Å². The van der Waals surface area contributed by atoms with E-state index in [-0.39, 0.29) is 10.6 Å². The van der Waals surface area contributed by atoms with Crippen molar-refractivity contribution in [3.8, 4) is 0 Å². The third-order valence-corrected chi connectivity index (χ3v) is 4.02. The molecule has 5 nitrogen and oxygen atoms in total. The molecule has 0 spiro atoms. The van der Waals surface area contributed by atoms with Crippen molar-refractivity contribution in [2.45, 2.75) is 31.8 Å². The van der Waals surface area contributed by atoms with Crippen LogP contribution in [0.4, 0.5) is 5.69 Å². The zero-order valence-corrected chi connectivity index (χ0v) is 12.3. The van der Waals surface area contributed by atoms with E-state index in [1.165, 1.54) is 18.9 Å². The average molecular weight is 328 g/mol. The maximum absolute atomic E-state index is 10.9. The Morgan fingerprint density at radius 3 is 2.89 bits per heavy atom. The summed E-state index contributed by atoms with van der Waals surface area (Å²) in [5, 5.41) is 10.9. The number of piperidine rings is 1. The highest BCUT2D eigenvalue weighted by molar-refractivity contribution is 9.10. The molecule has 104 valence electrons. The van der Waals surface area contributed by atoms with Crippen molar-refractivity contribution in [3.63, 3.8) is 0 Å². The Bertz CT molecular complexity index is 467. The number of hydrogen-bond donors (Lipinski definition) is 1. The van der Waals surface area contributed by atoms with Crippen LogP contribution in [0, 0.1) is 10.1 Å². The molecule has 0 saturated carbocycles. The van der Waals surface area contributed by atoms with E-state index >= 15 is 0 Å². The third kappa shape index (κ3) is 3.75. The fourth-order valence-corrected chi connectivity index (χ4v) is 3.13. The summed E-state index contributed by atoms with van der Waals surface area (Å²) >= 11 is 3.33. The van der Waals surface area contributed by atoms with Crippen LogP contribution < -0.4 is 5.73 Å². The maximum atomic E-state index is 10.9. The topological polar surface area (TPSA) is 72.4 Å². The van der Waals surface area contributed by atoms with E-state index in [9.17, 15) is 10.1 Å². The molecule has 1 unspecified atom stereocenters. The molecule has 2 rings (SSSR count). The largest absolute Gasteiger partial charge is 0.329 e. The Morgan fingerprint density at radius 2 is 2.21 bits per heavy atom. The van der Waals surface area contributed by atoms with Gasteiger partial charge in [0, 0.05) is 35.7 Å². The summed E-state index contributed by atoms with van der Waals surface area (Å²) in [7, 11) is 0. The maximum Gasteiger partial charge on any atom is 0.270 e. The van der Waals surface area contributed by atoms with Gasteiger partial charge in [0.25, 0.3) is 5.69 Å². The molecular weight excluding hydrogens is 310 g/mol. The zero-order chi connectivity index (χ0) is 13.8. The van der Waals surface area contributed by atoms with Crippen molar-refractivity contribution in [2.24, 2.45) is 5.73 Å². The third-order valence-electron chi connectivity index (χ3n) is 3.56. The van der Waals surface area contributed by atoms with Gasteiger partial charge < -0.3 is 5.73 Å². The number of halogens is 1. The molecule has 1 aromatic carbocycles. The van der Waals surface area contributed by atoms with Gasteiger partial charge >= 0.3 is 0 Å². The lowest BCUT2D eigenvalue weighted by Crippen LogP contribution is -2.43. The van der Waals surface area contributed by atoms with Gasteiger partial charge in [0.2, 0.25) is 0 Å². The van der Waals surface area contributed by atoms with Gasteiger partial charge in [-0.15, -0.1) is 0 Å². The molecule has 0 amide bonds. The lowest BCUT2D eigenvalue weighted by molar-refractivity contribution is -0.385. The highest BCUT2D eigenvalue weighted by Crippen LogP contribution is 2.24. The minimum Gasteiger partial charge on any atom is -0.329 e. The van der Waals surface area contributed by atoms with Gasteiger partial charge in [-0.25, -0.2) is 0 Å². The number of benzene rings is 1. The van der Waals surface area contributed by atoms with E-state index in [0.717, 1.165) is 29.5 Å². The van der Waals surface area contributed by atoms with E-state index in [2.05, 4.69) is 20.8 Å². The predicted octanol–water partition coefficient (Wildman–Crippen LogP) is 2.67. The van der Waals surface area contributed by atoms with Gasteiger partial charge in [0.05, 0.1) is 4.92 Å². The van der Waals surface area contributed by atoms with E-state index < -0.39 is 0 Å². The number of likely N-dealkylation sites (tertiary alicyclic amines) is 1. The number of rotatable bonds is 4. The van der Waals surface area contributed by atoms with E-state index in [1.807, 2.05) is 6.07 Å². The minimum absolute atomic E-state index is 0.130. The average Bonchev–Trinajstić information content (AvgIpc) is 2.38. The first-order valence-corrected chi connectivity index (χ1v) is 7.27. The number of non-ortho nitro benzene ring substituents is 1. The molecule has 1 aliphatic rings. The number of nitrogens with zero attached hydrogens (tertiary/aromatic N) is 2. The van der Waals surface area contributed by atoms with Gasteiger partial charge in [-0.05, 0) is 31.0 Å². The molecule has 1 aliphatic heterocycles. The smallest absolute Gasteiger partial charge is 0.270 e. The SMILES string of the molecule is NCC1CCCCN1Cc1cc(Br)cc([N+](=O)[O-])c1. The van der Waals surface area contributed by atoms with Gasteiger partial charge in [-0.3, -0.25) is 15.0 Å². The predicted molar refractivity (Wildman–Crippen MR) is 77.9 cm³/mol. The Balaban J connectivity index is 2.15. The van der Waals surface area contributed by atoms with E-state index in [0.29, 0.717) is 12.6 Å². The van der Waals surface area contributed by atoms with E-state index in [4.69, 9.17) is 5.73 Å². The van der Waals surface area contributed by atoms with Crippen molar-refractivity contribution in [1.29, 1.82) is 0 Å². The Morgan fingerprint density at radius 1 is 1.42 bits per heavy atom. The molecule has 0 radical (unpaired) electrons. The van der Waals surface area contributed by atoms with Crippen LogP contribution in [0.15, 0.2) is 22.7 Å². The quantitative estimate of drug-likeness (QED) is 0.681. The Labute approximate surface area is 121 Å². The summed E-state index contributed by atoms with van der Waals surface area (Å²) in [5.41, 5.74) is 6.89. The number of hydrogen-bond acceptors (Lipinski definition) is 4. The second kappa shape index (κ2) is 6.45. The summed E-state index contributed by atoms with van der Waals surface area (Å²) in [6, 6.07) is 5.51. The summed E-state index contributed by atoms with van der Waals surface area (Å²) in [4.78, 5) is 12.8. The van der Waals surface area contributed by atoms with Crippen molar-refractivity contribution < 1.29 is 4.92 Å². The standard InChI is InChI=1S/C13H18BrN3O2/c14-11-5-10(6-13(7-11)17(18)19)9-16-4-2-1-3-12(16)8-15/h5-7,12H,1-4,8-9,15H2. The van der Waals surface area contributed by atoms with Crippen LogP contribution in [0.5, 0.6) is 0 Å². The molecular formula is C13H18BrN3O2. The van der Waals surface area contributed by atoms with Crippen LogP contribution in [0.1, 0.15) is 24.8 Å².